The molecule has 0 fully saturated rings. The van der Waals surface area contributed by atoms with Gasteiger partial charge in [0.05, 0.1) is 12.3 Å². The van der Waals surface area contributed by atoms with Gasteiger partial charge in [0, 0.05) is 25.7 Å². The van der Waals surface area contributed by atoms with Crippen LogP contribution in [0.4, 0.5) is 0 Å². The summed E-state index contributed by atoms with van der Waals surface area (Å²) < 4.78 is 80.2. The van der Waals surface area contributed by atoms with Gasteiger partial charge in [-0.25, -0.2) is 0 Å². The third-order valence-corrected chi connectivity index (χ3v) is 8.45. The van der Waals surface area contributed by atoms with E-state index in [4.69, 9.17) is 9.60 Å². The van der Waals surface area contributed by atoms with Crippen LogP contribution in [0.1, 0.15) is 12.3 Å². The molecule has 1 aromatic heterocycles. The Labute approximate surface area is 244 Å². The van der Waals surface area contributed by atoms with Gasteiger partial charge in [-0.05, 0) is 55.4 Å². The zero-order valence-corrected chi connectivity index (χ0v) is 21.4. The van der Waals surface area contributed by atoms with Gasteiger partial charge >= 0.3 is 0 Å². The lowest BCUT2D eigenvalue weighted by Crippen LogP contribution is -1.91. The predicted octanol–water partition coefficient (Wildman–Crippen LogP) is 11.4. The van der Waals surface area contributed by atoms with Crippen LogP contribution < -0.4 is 0 Å². The molecule has 0 atom stereocenters. The Balaban J connectivity index is 1.49. The van der Waals surface area contributed by atoms with Crippen molar-refractivity contribution < 1.29 is 12.3 Å². The number of hydrogen-bond acceptors (Lipinski definition) is 1. The van der Waals surface area contributed by atoms with Crippen molar-refractivity contribution in [3.63, 3.8) is 0 Å². The summed E-state index contributed by atoms with van der Waals surface area (Å²) in [6.45, 7) is 0. The van der Waals surface area contributed by atoms with Crippen LogP contribution in [-0.2, 0) is 0 Å². The molecular formula is C38H24S. The molecule has 8 rings (SSSR count). The van der Waals surface area contributed by atoms with E-state index in [2.05, 4.69) is 30.3 Å². The Morgan fingerprint density at radius 2 is 0.923 bits per heavy atom. The predicted molar refractivity (Wildman–Crippen MR) is 171 cm³/mol. The van der Waals surface area contributed by atoms with Crippen molar-refractivity contribution in [3.05, 3.63) is 145 Å². The van der Waals surface area contributed by atoms with E-state index in [1.54, 1.807) is 11.3 Å². The lowest BCUT2D eigenvalue weighted by molar-refractivity contribution is 1.61. The molecule has 0 spiro atoms. The molecule has 7 aromatic carbocycles. The molecule has 39 heavy (non-hydrogen) atoms. The Hall–Kier alpha value is -4.72. The number of hydrogen-bond donors (Lipinski definition) is 0. The van der Waals surface area contributed by atoms with Gasteiger partial charge in [-0.1, -0.05) is 139 Å². The summed E-state index contributed by atoms with van der Waals surface area (Å²) in [7, 11) is 0. The fourth-order valence-corrected chi connectivity index (χ4v) is 6.79. The van der Waals surface area contributed by atoms with Crippen molar-refractivity contribution in [2.45, 2.75) is 0 Å². The smallest absolute Gasteiger partial charge is 0.0629 e. The highest BCUT2D eigenvalue weighted by atomic mass is 32.1. The highest BCUT2D eigenvalue weighted by molar-refractivity contribution is 7.26. The number of benzene rings is 7. The minimum absolute atomic E-state index is 0.0835. The second kappa shape index (κ2) is 8.94. The summed E-state index contributed by atoms with van der Waals surface area (Å²) in [5, 5.41) is 5.63. The molecule has 0 unspecified atom stereocenters. The zero-order valence-electron chi connectivity index (χ0n) is 29.6. The third-order valence-electron chi connectivity index (χ3n) is 7.23. The molecule has 182 valence electrons. The highest BCUT2D eigenvalue weighted by Gasteiger charge is 2.19. The first-order valence-electron chi connectivity index (χ1n) is 17.1. The quantitative estimate of drug-likeness (QED) is 0.203. The maximum absolute atomic E-state index is 9.25. The normalized spacial score (nSPS) is 14.8. The topological polar surface area (TPSA) is 0 Å². The van der Waals surface area contributed by atoms with E-state index in [0.29, 0.717) is 5.56 Å². The molecule has 1 heterocycles. The molecule has 0 N–H and O–H groups in total. The second-order valence-corrected chi connectivity index (χ2v) is 10.4. The van der Waals surface area contributed by atoms with E-state index in [1.165, 1.54) is 10.1 Å². The monoisotopic (exact) mass is 521 g/mol. The van der Waals surface area contributed by atoms with Gasteiger partial charge in [0.25, 0.3) is 0 Å². The van der Waals surface area contributed by atoms with E-state index in [1.807, 2.05) is 60.7 Å². The van der Waals surface area contributed by atoms with Gasteiger partial charge in [-0.3, -0.25) is 0 Å². The minimum atomic E-state index is -0.604. The Kier molecular flexibility index (Phi) is 3.44. The van der Waals surface area contributed by atoms with E-state index in [9.17, 15) is 2.74 Å². The first-order valence-corrected chi connectivity index (χ1v) is 13.5. The molecular weight excluding hydrogens is 488 g/mol. The SMILES string of the molecule is [2H]c1c([2H])c([2H])c(-c2c([2H])c([2H])c(-c3c4ccccc4c(-c4cccc5c4sc4ccccc45)c4ccccc34)c([2H])c2[2H])c([2H])c1[2H]. The Morgan fingerprint density at radius 1 is 0.410 bits per heavy atom. The largest absolute Gasteiger partial charge is 0.135 e. The minimum Gasteiger partial charge on any atom is -0.135 e. The van der Waals surface area contributed by atoms with Gasteiger partial charge in [0.2, 0.25) is 0 Å². The van der Waals surface area contributed by atoms with Crippen molar-refractivity contribution in [2.24, 2.45) is 0 Å². The van der Waals surface area contributed by atoms with Crippen LogP contribution in [0.2, 0.25) is 0 Å². The first-order chi connectivity index (χ1) is 23.1. The number of thiophene rings is 1. The Morgan fingerprint density at radius 3 is 1.59 bits per heavy atom. The van der Waals surface area contributed by atoms with E-state index < -0.39 is 42.3 Å². The van der Waals surface area contributed by atoms with Gasteiger partial charge in [0.1, 0.15) is 0 Å². The highest BCUT2D eigenvalue weighted by Crippen LogP contribution is 2.47. The fourth-order valence-electron chi connectivity index (χ4n) is 5.57. The molecule has 0 saturated carbocycles. The lowest BCUT2D eigenvalue weighted by atomic mass is 9.85. The molecule has 0 bridgehead atoms. The van der Waals surface area contributed by atoms with Crippen molar-refractivity contribution in [2.75, 3.05) is 0 Å². The summed E-state index contributed by atoms with van der Waals surface area (Å²) in [6, 6.07) is 25.6. The molecule has 8 aromatic rings. The fraction of sp³-hybridized carbons (Fsp3) is 0. The maximum atomic E-state index is 9.25. The summed E-state index contributed by atoms with van der Waals surface area (Å²) in [4.78, 5) is 0. The van der Waals surface area contributed by atoms with E-state index in [0.717, 1.165) is 42.8 Å². The lowest BCUT2D eigenvalue weighted by Gasteiger charge is -2.18. The van der Waals surface area contributed by atoms with Crippen molar-refractivity contribution in [1.29, 1.82) is 0 Å². The molecule has 0 nitrogen and oxygen atoms in total. The van der Waals surface area contributed by atoms with Crippen LogP contribution in [-0.4, -0.2) is 0 Å². The third kappa shape index (κ3) is 3.51. The van der Waals surface area contributed by atoms with Crippen molar-refractivity contribution >= 4 is 53.1 Å². The summed E-state index contributed by atoms with van der Waals surface area (Å²) in [5.41, 5.74) is 2.01. The van der Waals surface area contributed by atoms with Crippen LogP contribution in [0, 0.1) is 0 Å². The van der Waals surface area contributed by atoms with Gasteiger partial charge < -0.3 is 0 Å². The van der Waals surface area contributed by atoms with Gasteiger partial charge in [-0.2, -0.15) is 0 Å². The van der Waals surface area contributed by atoms with Crippen LogP contribution in [0.3, 0.4) is 0 Å². The Bertz CT molecular complexity index is 2560. The van der Waals surface area contributed by atoms with Crippen LogP contribution in [0.25, 0.3) is 75.1 Å². The summed E-state index contributed by atoms with van der Waals surface area (Å²) in [6.07, 6.45) is 0. The molecule has 0 saturated heterocycles. The maximum Gasteiger partial charge on any atom is 0.0629 e. The van der Waals surface area contributed by atoms with Gasteiger partial charge in [-0.15, -0.1) is 11.3 Å². The summed E-state index contributed by atoms with van der Waals surface area (Å²) in [5.74, 6) is 0. The molecule has 0 amide bonds. The van der Waals surface area contributed by atoms with Crippen LogP contribution in [0.5, 0.6) is 0 Å². The van der Waals surface area contributed by atoms with Crippen molar-refractivity contribution in [3.8, 4) is 33.4 Å². The summed E-state index contributed by atoms with van der Waals surface area (Å²) >= 11 is 1.74. The van der Waals surface area contributed by atoms with Crippen LogP contribution >= 0.6 is 11.3 Å². The first kappa shape index (κ1) is 15.0. The zero-order chi connectivity index (χ0) is 33.6. The molecule has 0 radical (unpaired) electrons. The molecule has 1 heteroatoms. The average Bonchev–Trinajstić information content (AvgIpc) is 3.49. The van der Waals surface area contributed by atoms with Crippen molar-refractivity contribution in [1.82, 2.24) is 0 Å². The molecule has 0 aliphatic heterocycles. The van der Waals surface area contributed by atoms with E-state index in [-0.39, 0.29) is 28.8 Å². The van der Waals surface area contributed by atoms with Crippen LogP contribution in [0.15, 0.2) is 145 Å². The van der Waals surface area contributed by atoms with Gasteiger partial charge in [0.15, 0.2) is 0 Å². The number of fused-ring (bicyclic) bond motifs is 5. The average molecular weight is 522 g/mol. The number of rotatable bonds is 3. The second-order valence-electron chi connectivity index (χ2n) is 9.37. The van der Waals surface area contributed by atoms with E-state index >= 15 is 0 Å². The standard InChI is InChI=1S/C38H24S/c1-2-11-25(12-3-1)26-21-23-27(24-22-26)36-29-14-4-6-16-31(29)37(32-17-7-5-15-30(32)36)34-19-10-18-33-28-13-8-9-20-35(28)39-38(33)34/h1-24H/i1D,2D,3D,11D,12D,21D,22D,23D,24D. The molecule has 0 aliphatic rings. The molecule has 0 aliphatic carbocycles.